The summed E-state index contributed by atoms with van der Waals surface area (Å²) < 4.78 is 19.4. The quantitative estimate of drug-likeness (QED) is 0.754. The molecule has 2 aliphatic rings. The normalized spacial score (nSPS) is 22.5. The van der Waals surface area contributed by atoms with Gasteiger partial charge in [0.25, 0.3) is 0 Å². The number of pyridine rings is 1. The molecule has 1 saturated carbocycles. The summed E-state index contributed by atoms with van der Waals surface area (Å²) in [4.78, 5) is 23.2. The molecule has 1 aliphatic heterocycles. The van der Waals surface area contributed by atoms with E-state index in [-0.39, 0.29) is 30.4 Å². The van der Waals surface area contributed by atoms with Gasteiger partial charge in [0, 0.05) is 24.0 Å². The molecule has 1 amide bonds. The minimum Gasteiger partial charge on any atom is -0.358 e. The second kappa shape index (κ2) is 6.79. The van der Waals surface area contributed by atoms with Crippen LogP contribution in [0.5, 0.6) is 0 Å². The second-order valence-electron chi connectivity index (χ2n) is 7.05. The first-order valence-electron chi connectivity index (χ1n) is 9.21. The summed E-state index contributed by atoms with van der Waals surface area (Å²) in [5, 5.41) is 7.15. The van der Waals surface area contributed by atoms with Gasteiger partial charge in [-0.2, -0.15) is 5.10 Å². The van der Waals surface area contributed by atoms with Gasteiger partial charge in [0.05, 0.1) is 6.04 Å². The molecule has 2 fully saturated rings. The molecule has 2 atom stereocenters. The SMILES string of the molecule is O=C1CO[C@H](c2nc(-c3cccc(F)c3)n[nH]2)[C@@H](c2cccnc2)N1C1CC1. The molecule has 28 heavy (non-hydrogen) atoms. The number of benzene rings is 1. The van der Waals surface area contributed by atoms with Gasteiger partial charge in [-0.15, -0.1) is 0 Å². The summed E-state index contributed by atoms with van der Waals surface area (Å²) in [6.07, 6.45) is 4.92. The topological polar surface area (TPSA) is 84.0 Å². The summed E-state index contributed by atoms with van der Waals surface area (Å²) >= 11 is 0. The number of nitrogens with one attached hydrogen (secondary N) is 1. The van der Waals surface area contributed by atoms with E-state index in [0.717, 1.165) is 18.4 Å². The smallest absolute Gasteiger partial charge is 0.249 e. The molecule has 0 spiro atoms. The van der Waals surface area contributed by atoms with Crippen LogP contribution in [0, 0.1) is 5.82 Å². The number of halogens is 1. The van der Waals surface area contributed by atoms with E-state index >= 15 is 0 Å². The van der Waals surface area contributed by atoms with Crippen LogP contribution in [0.25, 0.3) is 11.4 Å². The van der Waals surface area contributed by atoms with Crippen molar-refractivity contribution < 1.29 is 13.9 Å². The second-order valence-corrected chi connectivity index (χ2v) is 7.05. The zero-order chi connectivity index (χ0) is 19.1. The van der Waals surface area contributed by atoms with Gasteiger partial charge in [-0.05, 0) is 36.6 Å². The lowest BCUT2D eigenvalue weighted by Gasteiger charge is -2.40. The molecule has 2 aromatic heterocycles. The molecule has 3 heterocycles. The van der Waals surface area contributed by atoms with Crippen molar-refractivity contribution in [3.8, 4) is 11.4 Å². The van der Waals surface area contributed by atoms with E-state index in [2.05, 4.69) is 20.2 Å². The van der Waals surface area contributed by atoms with Crippen LogP contribution in [0.15, 0.2) is 48.8 Å². The van der Waals surface area contributed by atoms with Gasteiger partial charge in [-0.1, -0.05) is 18.2 Å². The van der Waals surface area contributed by atoms with Crippen LogP contribution in [-0.2, 0) is 9.53 Å². The molecule has 1 aromatic carbocycles. The van der Waals surface area contributed by atoms with Crippen molar-refractivity contribution in [2.24, 2.45) is 0 Å². The van der Waals surface area contributed by atoms with Gasteiger partial charge < -0.3 is 9.64 Å². The highest BCUT2D eigenvalue weighted by molar-refractivity contribution is 5.79. The molecule has 0 radical (unpaired) electrons. The molecule has 3 aromatic rings. The van der Waals surface area contributed by atoms with E-state index in [0.29, 0.717) is 17.2 Å². The van der Waals surface area contributed by atoms with Crippen LogP contribution in [0.2, 0.25) is 0 Å². The average molecular weight is 379 g/mol. The molecular formula is C20H18FN5O2. The van der Waals surface area contributed by atoms with Gasteiger partial charge in [0.2, 0.25) is 5.91 Å². The Morgan fingerprint density at radius 3 is 2.86 bits per heavy atom. The Morgan fingerprint density at radius 1 is 1.21 bits per heavy atom. The Hall–Kier alpha value is -3.13. The van der Waals surface area contributed by atoms with Crippen molar-refractivity contribution in [1.29, 1.82) is 0 Å². The zero-order valence-corrected chi connectivity index (χ0v) is 15.0. The van der Waals surface area contributed by atoms with Crippen LogP contribution in [0.1, 0.15) is 36.4 Å². The largest absolute Gasteiger partial charge is 0.358 e. The lowest BCUT2D eigenvalue weighted by Crippen LogP contribution is -2.47. The van der Waals surface area contributed by atoms with Gasteiger partial charge in [0.15, 0.2) is 11.6 Å². The number of carbonyl (C=O) groups excluding carboxylic acids is 1. The summed E-state index contributed by atoms with van der Waals surface area (Å²) in [6, 6.07) is 9.78. The molecule has 5 rings (SSSR count). The van der Waals surface area contributed by atoms with Gasteiger partial charge in [0.1, 0.15) is 18.5 Å². The maximum atomic E-state index is 13.5. The highest BCUT2D eigenvalue weighted by Gasteiger charge is 2.46. The number of H-pyrrole nitrogens is 1. The fraction of sp³-hybridized carbons (Fsp3) is 0.300. The molecular weight excluding hydrogens is 361 g/mol. The van der Waals surface area contributed by atoms with Crippen molar-refractivity contribution >= 4 is 5.91 Å². The third kappa shape index (κ3) is 3.05. The molecule has 8 heteroatoms. The predicted octanol–water partition coefficient (Wildman–Crippen LogP) is 2.81. The fourth-order valence-corrected chi connectivity index (χ4v) is 3.68. The monoisotopic (exact) mass is 379 g/mol. The number of aromatic amines is 1. The Morgan fingerprint density at radius 2 is 2.11 bits per heavy atom. The third-order valence-electron chi connectivity index (χ3n) is 5.08. The lowest BCUT2D eigenvalue weighted by molar-refractivity contribution is -0.160. The molecule has 1 N–H and O–H groups in total. The summed E-state index contributed by atoms with van der Waals surface area (Å²) in [7, 11) is 0. The van der Waals surface area contributed by atoms with Crippen molar-refractivity contribution in [2.45, 2.75) is 31.0 Å². The van der Waals surface area contributed by atoms with Crippen LogP contribution in [0.4, 0.5) is 4.39 Å². The number of rotatable bonds is 4. The van der Waals surface area contributed by atoms with E-state index in [9.17, 15) is 9.18 Å². The van der Waals surface area contributed by atoms with Gasteiger partial charge in [-0.3, -0.25) is 14.9 Å². The highest BCUT2D eigenvalue weighted by atomic mass is 19.1. The minimum absolute atomic E-state index is 0.00602. The van der Waals surface area contributed by atoms with Gasteiger partial charge in [-0.25, -0.2) is 9.37 Å². The van der Waals surface area contributed by atoms with E-state index in [1.807, 2.05) is 17.0 Å². The molecule has 7 nitrogen and oxygen atoms in total. The van der Waals surface area contributed by atoms with Crippen LogP contribution in [0.3, 0.4) is 0 Å². The zero-order valence-electron chi connectivity index (χ0n) is 15.0. The molecule has 1 aliphatic carbocycles. The molecule has 1 saturated heterocycles. The minimum atomic E-state index is -0.502. The number of hydrogen-bond acceptors (Lipinski definition) is 5. The van der Waals surface area contributed by atoms with E-state index in [4.69, 9.17) is 4.74 Å². The van der Waals surface area contributed by atoms with Crippen molar-refractivity contribution in [3.63, 3.8) is 0 Å². The third-order valence-corrected chi connectivity index (χ3v) is 5.08. The standard InChI is InChI=1S/C20H18FN5O2/c21-14-5-1-3-12(9-14)19-23-20(25-24-19)18-17(13-4-2-8-22-10-13)26(15-6-7-15)16(27)11-28-18/h1-5,8-10,15,17-18H,6-7,11H2,(H,23,24,25)/t17-,18+/m1/s1. The van der Waals surface area contributed by atoms with Crippen molar-refractivity contribution in [3.05, 3.63) is 66.0 Å². The number of morpholine rings is 1. The first kappa shape index (κ1) is 17.0. The lowest BCUT2D eigenvalue weighted by atomic mass is 9.98. The number of carbonyl (C=O) groups is 1. The first-order valence-corrected chi connectivity index (χ1v) is 9.21. The fourth-order valence-electron chi connectivity index (χ4n) is 3.68. The summed E-state index contributed by atoms with van der Waals surface area (Å²) in [5.74, 6) is 0.512. The predicted molar refractivity (Wildman–Crippen MR) is 97.3 cm³/mol. The van der Waals surface area contributed by atoms with Crippen molar-refractivity contribution in [1.82, 2.24) is 25.1 Å². The number of ether oxygens (including phenoxy) is 1. The number of nitrogens with zero attached hydrogens (tertiary/aromatic N) is 4. The van der Waals surface area contributed by atoms with Crippen LogP contribution in [-0.4, -0.2) is 43.6 Å². The van der Waals surface area contributed by atoms with E-state index in [1.54, 1.807) is 24.5 Å². The maximum absolute atomic E-state index is 13.5. The molecule has 0 unspecified atom stereocenters. The maximum Gasteiger partial charge on any atom is 0.249 e. The van der Waals surface area contributed by atoms with Crippen LogP contribution < -0.4 is 0 Å². The van der Waals surface area contributed by atoms with Gasteiger partial charge >= 0.3 is 0 Å². The Kier molecular flexibility index (Phi) is 4.12. The average Bonchev–Trinajstić information content (AvgIpc) is 3.44. The Balaban J connectivity index is 1.53. The Labute approximate surface area is 160 Å². The highest BCUT2D eigenvalue weighted by Crippen LogP contribution is 2.44. The van der Waals surface area contributed by atoms with E-state index in [1.165, 1.54) is 12.1 Å². The molecule has 0 bridgehead atoms. The Bertz CT molecular complexity index is 1000. The molecule has 142 valence electrons. The summed E-state index contributed by atoms with van der Waals surface area (Å²) in [5.41, 5.74) is 1.46. The van der Waals surface area contributed by atoms with Crippen molar-refractivity contribution in [2.75, 3.05) is 6.61 Å². The number of hydrogen-bond donors (Lipinski definition) is 1. The van der Waals surface area contributed by atoms with Crippen LogP contribution >= 0.6 is 0 Å². The number of amides is 1. The number of aromatic nitrogens is 4. The first-order chi connectivity index (χ1) is 13.7. The van der Waals surface area contributed by atoms with E-state index < -0.39 is 6.10 Å². The summed E-state index contributed by atoms with van der Waals surface area (Å²) in [6.45, 7) is -0.00602.